The fraction of sp³-hybridized carbons (Fsp3) is 0.846. The molecular formula is C13H23N3O3. The summed E-state index contributed by atoms with van der Waals surface area (Å²) in [7, 11) is 0. The number of nitrogens with two attached hydrogens (primary N) is 1. The van der Waals surface area contributed by atoms with Crippen molar-refractivity contribution in [2.75, 3.05) is 26.2 Å². The molecule has 3 atom stereocenters. The summed E-state index contributed by atoms with van der Waals surface area (Å²) in [5.41, 5.74) is 5.70. The van der Waals surface area contributed by atoms with E-state index in [2.05, 4.69) is 4.90 Å². The number of amides is 1. The van der Waals surface area contributed by atoms with E-state index >= 15 is 0 Å². The molecule has 2 heterocycles. The van der Waals surface area contributed by atoms with Crippen molar-refractivity contribution in [1.82, 2.24) is 9.80 Å². The highest BCUT2D eigenvalue weighted by Gasteiger charge is 2.39. The molecule has 2 N–H and O–H groups in total. The maximum atomic E-state index is 12.3. The minimum Gasteiger partial charge on any atom is -0.464 e. The summed E-state index contributed by atoms with van der Waals surface area (Å²) in [6, 6.07) is -0.660. The molecule has 0 aliphatic carbocycles. The molecule has 0 radical (unpaired) electrons. The van der Waals surface area contributed by atoms with Crippen LogP contribution in [0.4, 0.5) is 0 Å². The highest BCUT2D eigenvalue weighted by atomic mass is 16.5. The van der Waals surface area contributed by atoms with Gasteiger partial charge in [0.05, 0.1) is 6.61 Å². The fourth-order valence-corrected chi connectivity index (χ4v) is 3.01. The predicted octanol–water partition coefficient (Wildman–Crippen LogP) is -0.428. The van der Waals surface area contributed by atoms with Crippen LogP contribution >= 0.6 is 0 Å². The Kier molecular flexibility index (Phi) is 4.42. The van der Waals surface area contributed by atoms with Crippen molar-refractivity contribution in [3.63, 3.8) is 0 Å². The number of ether oxygens (including phenoxy) is 1. The molecule has 0 aromatic carbocycles. The molecule has 2 rings (SSSR count). The van der Waals surface area contributed by atoms with E-state index in [0.717, 1.165) is 19.5 Å². The van der Waals surface area contributed by atoms with Crippen LogP contribution in [0.2, 0.25) is 0 Å². The Morgan fingerprint density at radius 1 is 1.42 bits per heavy atom. The summed E-state index contributed by atoms with van der Waals surface area (Å²) in [5.74, 6) is -0.939. The van der Waals surface area contributed by atoms with Gasteiger partial charge in [0.2, 0.25) is 0 Å². The predicted molar refractivity (Wildman–Crippen MR) is 70.4 cm³/mol. The molecule has 3 unspecified atom stereocenters. The summed E-state index contributed by atoms with van der Waals surface area (Å²) >= 11 is 0. The van der Waals surface area contributed by atoms with Gasteiger partial charge in [-0.1, -0.05) is 0 Å². The molecule has 19 heavy (non-hydrogen) atoms. The minimum atomic E-state index is -1.18. The van der Waals surface area contributed by atoms with Crippen molar-refractivity contribution in [3.05, 3.63) is 0 Å². The van der Waals surface area contributed by atoms with E-state index < -0.39 is 12.0 Å². The largest absolute Gasteiger partial charge is 0.464 e. The van der Waals surface area contributed by atoms with Crippen LogP contribution in [0.15, 0.2) is 0 Å². The molecule has 0 aromatic rings. The number of fused-ring (bicyclic) bond motifs is 1. The molecule has 0 aromatic heterocycles. The first kappa shape index (κ1) is 14.3. The van der Waals surface area contributed by atoms with Gasteiger partial charge in [-0.15, -0.1) is 0 Å². The molecule has 0 bridgehead atoms. The molecule has 6 heteroatoms. The lowest BCUT2D eigenvalue weighted by Gasteiger charge is -2.42. The zero-order valence-corrected chi connectivity index (χ0v) is 11.7. The van der Waals surface area contributed by atoms with Gasteiger partial charge in [0, 0.05) is 25.2 Å². The Morgan fingerprint density at radius 3 is 2.84 bits per heavy atom. The zero-order valence-electron chi connectivity index (χ0n) is 11.7. The molecule has 2 fully saturated rings. The maximum Gasteiger partial charge on any atom is 0.332 e. The van der Waals surface area contributed by atoms with Crippen molar-refractivity contribution in [3.8, 4) is 0 Å². The molecule has 1 amide bonds. The van der Waals surface area contributed by atoms with E-state index in [-0.39, 0.29) is 18.6 Å². The van der Waals surface area contributed by atoms with Gasteiger partial charge in [0.1, 0.15) is 0 Å². The average molecular weight is 269 g/mol. The van der Waals surface area contributed by atoms with Crippen LogP contribution in [0.5, 0.6) is 0 Å². The van der Waals surface area contributed by atoms with E-state index in [0.29, 0.717) is 12.6 Å². The topological polar surface area (TPSA) is 75.9 Å². The number of piperazine rings is 1. The Morgan fingerprint density at radius 2 is 2.16 bits per heavy atom. The van der Waals surface area contributed by atoms with Gasteiger partial charge in [-0.25, -0.2) is 4.79 Å². The second-order valence-corrected chi connectivity index (χ2v) is 5.36. The minimum absolute atomic E-state index is 0.0994. The second kappa shape index (κ2) is 5.88. The monoisotopic (exact) mass is 269 g/mol. The van der Waals surface area contributed by atoms with Crippen LogP contribution < -0.4 is 5.73 Å². The van der Waals surface area contributed by atoms with Gasteiger partial charge in [0.15, 0.2) is 6.04 Å². The maximum absolute atomic E-state index is 12.3. The van der Waals surface area contributed by atoms with E-state index in [9.17, 15) is 9.59 Å². The van der Waals surface area contributed by atoms with Crippen molar-refractivity contribution in [2.24, 2.45) is 5.73 Å². The second-order valence-electron chi connectivity index (χ2n) is 5.36. The van der Waals surface area contributed by atoms with Crippen LogP contribution in [-0.2, 0) is 14.3 Å². The summed E-state index contributed by atoms with van der Waals surface area (Å²) < 4.78 is 4.82. The Balaban J connectivity index is 2.00. The molecule has 0 spiro atoms. The molecule has 2 aliphatic rings. The molecule has 108 valence electrons. The third-order valence-electron chi connectivity index (χ3n) is 4.03. The molecule has 2 saturated heterocycles. The highest BCUT2D eigenvalue weighted by Crippen LogP contribution is 2.24. The molecule has 0 saturated carbocycles. The van der Waals surface area contributed by atoms with Crippen molar-refractivity contribution in [2.45, 2.75) is 44.8 Å². The summed E-state index contributed by atoms with van der Waals surface area (Å²) in [5, 5.41) is 0. The van der Waals surface area contributed by atoms with Crippen molar-refractivity contribution in [1.29, 1.82) is 0 Å². The summed E-state index contributed by atoms with van der Waals surface area (Å²) in [6.45, 7) is 6.60. The van der Waals surface area contributed by atoms with Gasteiger partial charge >= 0.3 is 5.97 Å². The van der Waals surface area contributed by atoms with E-state index in [1.54, 1.807) is 11.8 Å². The van der Waals surface area contributed by atoms with E-state index in [1.165, 1.54) is 6.42 Å². The third-order valence-corrected chi connectivity index (χ3v) is 4.03. The first-order valence-electron chi connectivity index (χ1n) is 7.01. The number of rotatable bonds is 3. The standard InChI is InChI=1S/C13H23N3O3/c1-3-19-13(18)11(14)12(17)16-8-10-5-4-6-15(10)7-9(16)2/h9-11H,3-8,14H2,1-2H3. The van der Waals surface area contributed by atoms with Crippen molar-refractivity contribution >= 4 is 11.9 Å². The highest BCUT2D eigenvalue weighted by molar-refractivity contribution is 6.01. The van der Waals surface area contributed by atoms with Gasteiger partial charge in [0.25, 0.3) is 5.91 Å². The number of esters is 1. The van der Waals surface area contributed by atoms with Crippen molar-refractivity contribution < 1.29 is 14.3 Å². The Hall–Kier alpha value is -1.14. The fourth-order valence-electron chi connectivity index (χ4n) is 3.01. The average Bonchev–Trinajstić information content (AvgIpc) is 2.83. The number of carbonyl (C=O) groups is 2. The first-order valence-corrected chi connectivity index (χ1v) is 7.01. The van der Waals surface area contributed by atoms with E-state index in [4.69, 9.17) is 10.5 Å². The normalized spacial score (nSPS) is 28.9. The van der Waals surface area contributed by atoms with Gasteiger partial charge < -0.3 is 15.4 Å². The lowest BCUT2D eigenvalue weighted by atomic mass is 10.1. The molecular weight excluding hydrogens is 246 g/mol. The van der Waals surface area contributed by atoms with E-state index in [1.807, 2.05) is 6.92 Å². The van der Waals surface area contributed by atoms with Gasteiger partial charge in [-0.05, 0) is 33.2 Å². The third kappa shape index (κ3) is 2.90. The number of hydrogen-bond acceptors (Lipinski definition) is 5. The molecule has 6 nitrogen and oxygen atoms in total. The van der Waals surface area contributed by atoms with Gasteiger partial charge in [-0.2, -0.15) is 0 Å². The Bertz CT molecular complexity index is 361. The quantitative estimate of drug-likeness (QED) is 0.556. The molecule has 2 aliphatic heterocycles. The van der Waals surface area contributed by atoms with Crippen LogP contribution in [0.25, 0.3) is 0 Å². The smallest absolute Gasteiger partial charge is 0.332 e. The van der Waals surface area contributed by atoms with Crippen LogP contribution in [0, 0.1) is 0 Å². The van der Waals surface area contributed by atoms with Gasteiger partial charge in [-0.3, -0.25) is 9.69 Å². The van der Waals surface area contributed by atoms with Crippen LogP contribution in [0.3, 0.4) is 0 Å². The first-order chi connectivity index (χ1) is 9.04. The van der Waals surface area contributed by atoms with Crippen LogP contribution in [-0.4, -0.2) is 66.0 Å². The SMILES string of the molecule is CCOC(=O)C(N)C(=O)N1CC2CCCN2CC1C. The Labute approximate surface area is 113 Å². The van der Waals surface area contributed by atoms with Crippen LogP contribution in [0.1, 0.15) is 26.7 Å². The number of carbonyl (C=O) groups excluding carboxylic acids is 2. The zero-order chi connectivity index (χ0) is 14.0. The summed E-state index contributed by atoms with van der Waals surface area (Å²) in [6.07, 6.45) is 2.30. The lowest BCUT2D eigenvalue weighted by Crippen LogP contribution is -2.61. The summed E-state index contributed by atoms with van der Waals surface area (Å²) in [4.78, 5) is 28.0. The number of hydrogen-bond donors (Lipinski definition) is 1. The lowest BCUT2D eigenvalue weighted by molar-refractivity contribution is -0.153. The number of nitrogens with zero attached hydrogens (tertiary/aromatic N) is 2.